The molecule has 0 aromatic heterocycles. The fourth-order valence-electron chi connectivity index (χ4n) is 1.74. The van der Waals surface area contributed by atoms with Crippen LogP contribution in [0.4, 0.5) is 4.79 Å². The van der Waals surface area contributed by atoms with Crippen molar-refractivity contribution in [2.24, 2.45) is 0 Å². The molecule has 0 spiro atoms. The average Bonchev–Trinajstić information content (AvgIpc) is 2.45. The van der Waals surface area contributed by atoms with E-state index in [1.54, 1.807) is 12.1 Å². The van der Waals surface area contributed by atoms with E-state index in [0.29, 0.717) is 5.75 Å². The van der Waals surface area contributed by atoms with Crippen LogP contribution in [-0.4, -0.2) is 52.4 Å². The molecule has 0 aliphatic rings. The molecule has 1 amide bonds. The van der Waals surface area contributed by atoms with Gasteiger partial charge in [-0.2, -0.15) is 4.31 Å². The number of amides is 1. The van der Waals surface area contributed by atoms with Gasteiger partial charge >= 0.3 is 6.09 Å². The Hall–Kier alpha value is -1.80. The van der Waals surface area contributed by atoms with Crippen LogP contribution in [0.25, 0.3) is 0 Å². The number of rotatable bonds is 7. The van der Waals surface area contributed by atoms with Crippen LogP contribution in [0.1, 0.15) is 5.56 Å². The van der Waals surface area contributed by atoms with Gasteiger partial charge in [-0.3, -0.25) is 0 Å². The van der Waals surface area contributed by atoms with E-state index in [2.05, 4.69) is 10.1 Å². The van der Waals surface area contributed by atoms with Crippen molar-refractivity contribution in [2.45, 2.75) is 6.54 Å². The molecule has 1 aromatic carbocycles. The van der Waals surface area contributed by atoms with Gasteiger partial charge in [0.25, 0.3) is 0 Å². The molecule has 0 heterocycles. The van der Waals surface area contributed by atoms with Crippen LogP contribution < -0.4 is 10.1 Å². The monoisotopic (exact) mass is 316 g/mol. The first kappa shape index (κ1) is 17.3. The zero-order valence-electron chi connectivity index (χ0n) is 12.3. The minimum atomic E-state index is -3.41. The number of carbonyl (C=O) groups is 1. The number of nitrogens with one attached hydrogen (secondary N) is 1. The van der Waals surface area contributed by atoms with Gasteiger partial charge in [-0.25, -0.2) is 13.2 Å². The van der Waals surface area contributed by atoms with Crippen LogP contribution in [0.3, 0.4) is 0 Å². The number of sulfonamides is 1. The van der Waals surface area contributed by atoms with Gasteiger partial charge in [-0.1, -0.05) is 18.2 Å². The average molecular weight is 316 g/mol. The van der Waals surface area contributed by atoms with Gasteiger partial charge in [-0.05, 0) is 6.07 Å². The third kappa shape index (κ3) is 5.60. The predicted molar refractivity (Wildman–Crippen MR) is 78.7 cm³/mol. The maximum Gasteiger partial charge on any atom is 0.406 e. The van der Waals surface area contributed by atoms with Gasteiger partial charge in [0.2, 0.25) is 10.0 Å². The number of carbonyl (C=O) groups excluding carboxylic acids is 1. The topological polar surface area (TPSA) is 84.9 Å². The zero-order chi connectivity index (χ0) is 15.9. The number of methoxy groups -OCH3 is 2. The Bertz CT molecular complexity index is 574. The van der Waals surface area contributed by atoms with E-state index in [9.17, 15) is 13.2 Å². The van der Waals surface area contributed by atoms with Gasteiger partial charge < -0.3 is 14.8 Å². The summed E-state index contributed by atoms with van der Waals surface area (Å²) < 4.78 is 34.6. The third-order valence-electron chi connectivity index (χ3n) is 2.82. The first-order valence-electron chi connectivity index (χ1n) is 6.27. The van der Waals surface area contributed by atoms with E-state index in [-0.39, 0.29) is 19.6 Å². The van der Waals surface area contributed by atoms with Gasteiger partial charge in [-0.15, -0.1) is 0 Å². The Morgan fingerprint density at radius 1 is 1.29 bits per heavy atom. The second-order valence-corrected chi connectivity index (χ2v) is 6.31. The molecule has 1 N–H and O–H groups in total. The first-order valence-corrected chi connectivity index (χ1v) is 8.12. The lowest BCUT2D eigenvalue weighted by molar-refractivity contribution is 0.170. The highest BCUT2D eigenvalue weighted by Crippen LogP contribution is 2.20. The maximum atomic E-state index is 11.8. The van der Waals surface area contributed by atoms with Crippen molar-refractivity contribution >= 4 is 16.1 Å². The van der Waals surface area contributed by atoms with Crippen molar-refractivity contribution in [1.82, 2.24) is 9.62 Å². The third-order valence-corrected chi connectivity index (χ3v) is 4.07. The number of hydrogen-bond acceptors (Lipinski definition) is 5. The summed E-state index contributed by atoms with van der Waals surface area (Å²) in [6.07, 6.45) is 0.529. The minimum Gasteiger partial charge on any atom is -0.496 e. The molecule has 0 bridgehead atoms. The van der Waals surface area contributed by atoms with Crippen molar-refractivity contribution in [3.05, 3.63) is 29.8 Å². The van der Waals surface area contributed by atoms with Gasteiger partial charge in [0.15, 0.2) is 0 Å². The molecule has 7 nitrogen and oxygen atoms in total. The van der Waals surface area contributed by atoms with E-state index < -0.39 is 16.1 Å². The molecule has 118 valence electrons. The number of benzene rings is 1. The molecule has 0 unspecified atom stereocenters. The summed E-state index contributed by atoms with van der Waals surface area (Å²) in [5.74, 6) is 0.618. The fourth-order valence-corrected chi connectivity index (χ4v) is 2.54. The van der Waals surface area contributed by atoms with Crippen molar-refractivity contribution in [1.29, 1.82) is 0 Å². The predicted octanol–water partition coefficient (Wildman–Crippen LogP) is 0.813. The Balaban J connectivity index is 2.77. The molecule has 0 aliphatic carbocycles. The summed E-state index contributed by atoms with van der Waals surface area (Å²) in [6.45, 7) is 0.479. The molecule has 0 atom stereocenters. The lowest BCUT2D eigenvalue weighted by Crippen LogP contribution is -2.37. The largest absolute Gasteiger partial charge is 0.496 e. The van der Waals surface area contributed by atoms with Crippen LogP contribution >= 0.6 is 0 Å². The highest BCUT2D eigenvalue weighted by atomic mass is 32.2. The van der Waals surface area contributed by atoms with Crippen LogP contribution in [0, 0.1) is 0 Å². The van der Waals surface area contributed by atoms with E-state index in [4.69, 9.17) is 4.74 Å². The Morgan fingerprint density at radius 3 is 2.52 bits per heavy atom. The summed E-state index contributed by atoms with van der Waals surface area (Å²) in [6, 6.07) is 7.18. The highest BCUT2D eigenvalue weighted by Gasteiger charge is 2.18. The molecular formula is C13H20N2O5S. The Morgan fingerprint density at radius 2 is 1.95 bits per heavy atom. The van der Waals surface area contributed by atoms with Gasteiger partial charge in [0.05, 0.1) is 20.5 Å². The molecule has 21 heavy (non-hydrogen) atoms. The van der Waals surface area contributed by atoms with Crippen LogP contribution in [-0.2, 0) is 21.3 Å². The summed E-state index contributed by atoms with van der Waals surface area (Å²) in [4.78, 5) is 11.0. The van der Waals surface area contributed by atoms with Crippen molar-refractivity contribution < 1.29 is 22.7 Å². The summed E-state index contributed by atoms with van der Waals surface area (Å²) in [5.41, 5.74) is 0.753. The van der Waals surface area contributed by atoms with Crippen LogP contribution in [0.2, 0.25) is 0 Å². The van der Waals surface area contributed by atoms with E-state index in [1.165, 1.54) is 18.5 Å². The summed E-state index contributed by atoms with van der Waals surface area (Å²) >= 11 is 0. The van der Waals surface area contributed by atoms with Crippen molar-refractivity contribution in [2.75, 3.05) is 33.6 Å². The molecule has 1 aromatic rings. The SMILES string of the molecule is COC(=O)NCCN(Cc1ccccc1OC)S(C)(=O)=O. The molecule has 0 fully saturated rings. The Labute approximate surface area is 124 Å². The minimum absolute atomic E-state index is 0.145. The molecule has 0 radical (unpaired) electrons. The van der Waals surface area contributed by atoms with Gasteiger partial charge in [0, 0.05) is 25.2 Å². The molecule has 0 aliphatic heterocycles. The number of alkyl carbamates (subject to hydrolysis) is 1. The van der Waals surface area contributed by atoms with Crippen LogP contribution in [0.15, 0.2) is 24.3 Å². The normalized spacial score (nSPS) is 11.2. The zero-order valence-corrected chi connectivity index (χ0v) is 13.1. The smallest absolute Gasteiger partial charge is 0.406 e. The number of hydrogen-bond donors (Lipinski definition) is 1. The van der Waals surface area contributed by atoms with E-state index in [1.807, 2.05) is 12.1 Å². The molecule has 8 heteroatoms. The Kier molecular flexibility index (Phi) is 6.44. The number of para-hydroxylation sites is 1. The maximum absolute atomic E-state index is 11.8. The first-order chi connectivity index (χ1) is 9.88. The fraction of sp³-hybridized carbons (Fsp3) is 0.462. The second-order valence-electron chi connectivity index (χ2n) is 4.33. The quantitative estimate of drug-likeness (QED) is 0.805. The van der Waals surface area contributed by atoms with Crippen molar-refractivity contribution in [3.8, 4) is 5.75 Å². The van der Waals surface area contributed by atoms with Crippen molar-refractivity contribution in [3.63, 3.8) is 0 Å². The molecule has 0 saturated heterocycles. The van der Waals surface area contributed by atoms with E-state index in [0.717, 1.165) is 11.8 Å². The molecular weight excluding hydrogens is 296 g/mol. The molecule has 0 saturated carbocycles. The summed E-state index contributed by atoms with van der Waals surface area (Å²) in [7, 11) is -0.628. The second kappa shape index (κ2) is 7.84. The van der Waals surface area contributed by atoms with Crippen LogP contribution in [0.5, 0.6) is 5.75 Å². The number of ether oxygens (including phenoxy) is 2. The molecule has 1 rings (SSSR count). The summed E-state index contributed by atoms with van der Waals surface area (Å²) in [5, 5.41) is 2.45. The highest BCUT2D eigenvalue weighted by molar-refractivity contribution is 7.88. The lowest BCUT2D eigenvalue weighted by Gasteiger charge is -2.21. The number of nitrogens with zero attached hydrogens (tertiary/aromatic N) is 1. The standard InChI is InChI=1S/C13H20N2O5S/c1-19-12-7-5-4-6-11(12)10-15(21(3,17)18)9-8-14-13(16)20-2/h4-7H,8-10H2,1-3H3,(H,14,16). The van der Waals surface area contributed by atoms with Gasteiger partial charge in [0.1, 0.15) is 5.75 Å². The lowest BCUT2D eigenvalue weighted by atomic mass is 10.2. The van der Waals surface area contributed by atoms with E-state index >= 15 is 0 Å².